The predicted molar refractivity (Wildman–Crippen MR) is 90.2 cm³/mol. The molecule has 0 saturated heterocycles. The molecule has 5 nitrogen and oxygen atoms in total. The maximum atomic E-state index is 8.73. The van der Waals surface area contributed by atoms with Gasteiger partial charge in [0.1, 0.15) is 17.6 Å². The van der Waals surface area contributed by atoms with Crippen LogP contribution in [0.25, 0.3) is 0 Å². The summed E-state index contributed by atoms with van der Waals surface area (Å²) in [6, 6.07) is 11.5. The van der Waals surface area contributed by atoms with Gasteiger partial charge in [0.15, 0.2) is 5.69 Å². The van der Waals surface area contributed by atoms with E-state index in [9.17, 15) is 0 Å². The molecule has 1 aromatic heterocycles. The molecule has 1 heterocycles. The number of benzene rings is 1. The van der Waals surface area contributed by atoms with Crippen molar-refractivity contribution in [1.29, 1.82) is 5.26 Å². The first-order valence-corrected chi connectivity index (χ1v) is 7.78. The zero-order valence-corrected chi connectivity index (χ0v) is 13.8. The van der Waals surface area contributed by atoms with Crippen LogP contribution in [0, 0.1) is 24.2 Å². The monoisotopic (exact) mass is 310 g/mol. The van der Waals surface area contributed by atoms with E-state index in [-0.39, 0.29) is 0 Å². The number of rotatable bonds is 7. The normalized spacial score (nSPS) is 10.4. The van der Waals surface area contributed by atoms with Gasteiger partial charge in [0.05, 0.1) is 6.61 Å². The number of ether oxygens (including phenoxy) is 1. The van der Waals surface area contributed by atoms with E-state index < -0.39 is 0 Å². The van der Waals surface area contributed by atoms with Gasteiger partial charge in [0, 0.05) is 12.1 Å². The SMILES string of the molecule is Cc1ccc(CNc2ccc(C#N)nn2)c(OCCC(C)C)c1. The maximum Gasteiger partial charge on any atom is 0.163 e. The van der Waals surface area contributed by atoms with Crippen LogP contribution in [0.5, 0.6) is 5.75 Å². The summed E-state index contributed by atoms with van der Waals surface area (Å²) in [5, 5.41) is 19.7. The fourth-order valence-electron chi connectivity index (χ4n) is 2.02. The lowest BCUT2D eigenvalue weighted by Crippen LogP contribution is -2.07. The molecule has 5 heteroatoms. The van der Waals surface area contributed by atoms with Gasteiger partial charge in [-0.1, -0.05) is 26.0 Å². The quantitative estimate of drug-likeness (QED) is 0.844. The molecule has 0 saturated carbocycles. The minimum Gasteiger partial charge on any atom is -0.493 e. The highest BCUT2D eigenvalue weighted by molar-refractivity contribution is 5.41. The van der Waals surface area contributed by atoms with Gasteiger partial charge in [-0.05, 0) is 43.0 Å². The largest absolute Gasteiger partial charge is 0.493 e. The van der Waals surface area contributed by atoms with E-state index in [1.54, 1.807) is 12.1 Å². The predicted octanol–water partition coefficient (Wildman–Crippen LogP) is 3.69. The Balaban J connectivity index is 2.01. The zero-order valence-electron chi connectivity index (χ0n) is 13.8. The molecule has 1 aromatic carbocycles. The standard InChI is InChI=1S/C18H22N4O/c1-13(2)8-9-23-17-10-14(3)4-5-15(17)12-20-18-7-6-16(11-19)21-22-18/h4-7,10,13H,8-9,12H2,1-3H3,(H,20,22). The number of nitriles is 1. The van der Waals surface area contributed by atoms with Crippen LogP contribution in [0.15, 0.2) is 30.3 Å². The Bertz CT molecular complexity index is 674. The van der Waals surface area contributed by atoms with Crippen molar-refractivity contribution in [2.24, 2.45) is 5.92 Å². The number of nitrogens with zero attached hydrogens (tertiary/aromatic N) is 3. The molecule has 0 aliphatic rings. The van der Waals surface area contributed by atoms with Gasteiger partial charge in [-0.2, -0.15) is 5.26 Å². The number of hydrogen-bond donors (Lipinski definition) is 1. The topological polar surface area (TPSA) is 70.8 Å². The molecule has 0 bridgehead atoms. The molecule has 0 unspecified atom stereocenters. The highest BCUT2D eigenvalue weighted by Gasteiger charge is 2.06. The summed E-state index contributed by atoms with van der Waals surface area (Å²) in [7, 11) is 0. The lowest BCUT2D eigenvalue weighted by molar-refractivity contribution is 0.287. The molecule has 1 N–H and O–H groups in total. The van der Waals surface area contributed by atoms with Gasteiger partial charge in [0.2, 0.25) is 0 Å². The molecule has 0 amide bonds. The van der Waals surface area contributed by atoms with Gasteiger partial charge in [0.25, 0.3) is 0 Å². The van der Waals surface area contributed by atoms with E-state index >= 15 is 0 Å². The smallest absolute Gasteiger partial charge is 0.163 e. The minimum absolute atomic E-state index is 0.309. The molecule has 0 fully saturated rings. The van der Waals surface area contributed by atoms with E-state index in [1.807, 2.05) is 6.07 Å². The first-order chi connectivity index (χ1) is 11.1. The fraction of sp³-hybridized carbons (Fsp3) is 0.389. The minimum atomic E-state index is 0.309. The summed E-state index contributed by atoms with van der Waals surface area (Å²) in [5.41, 5.74) is 2.56. The number of anilines is 1. The number of hydrogen-bond acceptors (Lipinski definition) is 5. The number of aromatic nitrogens is 2. The van der Waals surface area contributed by atoms with Gasteiger partial charge in [-0.15, -0.1) is 10.2 Å². The molecule has 2 rings (SSSR count). The molecule has 0 radical (unpaired) electrons. The first kappa shape index (κ1) is 16.8. The Kier molecular flexibility index (Phi) is 5.93. The van der Waals surface area contributed by atoms with Gasteiger partial charge >= 0.3 is 0 Å². The van der Waals surface area contributed by atoms with Crippen molar-refractivity contribution < 1.29 is 4.74 Å². The van der Waals surface area contributed by atoms with E-state index in [1.165, 1.54) is 5.56 Å². The Morgan fingerprint density at radius 3 is 2.70 bits per heavy atom. The van der Waals surface area contributed by atoms with Gasteiger partial charge < -0.3 is 10.1 Å². The molecule has 0 spiro atoms. The van der Waals surface area contributed by atoms with Gasteiger partial charge in [-0.25, -0.2) is 0 Å². The van der Waals surface area contributed by atoms with Crippen LogP contribution in [-0.2, 0) is 6.54 Å². The van der Waals surface area contributed by atoms with Gasteiger partial charge in [-0.3, -0.25) is 0 Å². The van der Waals surface area contributed by atoms with Crippen LogP contribution in [0.3, 0.4) is 0 Å². The van der Waals surface area contributed by atoms with Crippen molar-refractivity contribution >= 4 is 5.82 Å². The van der Waals surface area contributed by atoms with Crippen molar-refractivity contribution in [2.45, 2.75) is 33.7 Å². The van der Waals surface area contributed by atoms with Crippen LogP contribution >= 0.6 is 0 Å². The third kappa shape index (κ3) is 5.26. The molecule has 0 atom stereocenters. The molecule has 2 aromatic rings. The first-order valence-electron chi connectivity index (χ1n) is 7.78. The zero-order chi connectivity index (χ0) is 16.7. The lowest BCUT2D eigenvalue weighted by atomic mass is 10.1. The maximum absolute atomic E-state index is 8.73. The third-order valence-corrected chi connectivity index (χ3v) is 3.41. The van der Waals surface area contributed by atoms with E-state index in [0.29, 0.717) is 30.6 Å². The average molecular weight is 310 g/mol. The fourth-order valence-corrected chi connectivity index (χ4v) is 2.02. The number of aryl methyl sites for hydroxylation is 1. The number of nitrogens with one attached hydrogen (secondary N) is 1. The second kappa shape index (κ2) is 8.14. The highest BCUT2D eigenvalue weighted by Crippen LogP contribution is 2.22. The average Bonchev–Trinajstić information content (AvgIpc) is 2.54. The molecular formula is C18H22N4O. The summed E-state index contributed by atoms with van der Waals surface area (Å²) < 4.78 is 5.93. The molecule has 23 heavy (non-hydrogen) atoms. The Morgan fingerprint density at radius 1 is 1.22 bits per heavy atom. The summed E-state index contributed by atoms with van der Waals surface area (Å²) in [5.74, 6) is 2.16. The van der Waals surface area contributed by atoms with Crippen molar-refractivity contribution in [3.63, 3.8) is 0 Å². The van der Waals surface area contributed by atoms with Crippen molar-refractivity contribution in [1.82, 2.24) is 10.2 Å². The summed E-state index contributed by atoms with van der Waals surface area (Å²) in [4.78, 5) is 0. The second-order valence-electron chi connectivity index (χ2n) is 5.91. The van der Waals surface area contributed by atoms with Crippen LogP contribution in [0.4, 0.5) is 5.82 Å². The van der Waals surface area contributed by atoms with Crippen molar-refractivity contribution in [3.05, 3.63) is 47.2 Å². The lowest BCUT2D eigenvalue weighted by Gasteiger charge is -2.14. The Morgan fingerprint density at radius 2 is 2.04 bits per heavy atom. The van der Waals surface area contributed by atoms with Crippen LogP contribution in [-0.4, -0.2) is 16.8 Å². The molecule has 0 aliphatic carbocycles. The Labute approximate surface area is 137 Å². The highest BCUT2D eigenvalue weighted by atomic mass is 16.5. The third-order valence-electron chi connectivity index (χ3n) is 3.41. The van der Waals surface area contributed by atoms with Crippen LogP contribution in [0.2, 0.25) is 0 Å². The van der Waals surface area contributed by atoms with Crippen molar-refractivity contribution in [3.8, 4) is 11.8 Å². The van der Waals surface area contributed by atoms with Crippen LogP contribution < -0.4 is 10.1 Å². The summed E-state index contributed by atoms with van der Waals surface area (Å²) in [6.45, 7) is 7.73. The molecule has 0 aliphatic heterocycles. The van der Waals surface area contributed by atoms with Crippen LogP contribution in [0.1, 0.15) is 37.1 Å². The second-order valence-corrected chi connectivity index (χ2v) is 5.91. The molecular weight excluding hydrogens is 288 g/mol. The summed E-state index contributed by atoms with van der Waals surface area (Å²) in [6.07, 6.45) is 1.03. The van der Waals surface area contributed by atoms with Crippen molar-refractivity contribution in [2.75, 3.05) is 11.9 Å². The Hall–Kier alpha value is -2.61. The summed E-state index contributed by atoms with van der Waals surface area (Å²) >= 11 is 0. The van der Waals surface area contributed by atoms with E-state index in [0.717, 1.165) is 17.7 Å². The van der Waals surface area contributed by atoms with E-state index in [2.05, 4.69) is 54.5 Å². The van der Waals surface area contributed by atoms with E-state index in [4.69, 9.17) is 10.00 Å². The molecule has 120 valence electrons.